The zero-order chi connectivity index (χ0) is 32.3. The maximum Gasteiger partial charge on any atom is 0.0961 e. The monoisotopic (exact) mass is 770 g/mol. The van der Waals surface area contributed by atoms with Crippen molar-refractivity contribution in [3.05, 3.63) is 106 Å². The summed E-state index contributed by atoms with van der Waals surface area (Å²) in [6, 6.07) is 20.7. The second kappa shape index (κ2) is 14.8. The molecular weight excluding hydrogens is 721 g/mol. The van der Waals surface area contributed by atoms with Gasteiger partial charge < -0.3 is 15.2 Å². The largest absolute Gasteiger partial charge is 0.512 e. The molecule has 1 radical (unpaired) electrons. The van der Waals surface area contributed by atoms with Crippen LogP contribution in [0.2, 0.25) is 0 Å². The molecule has 0 saturated carbocycles. The van der Waals surface area contributed by atoms with E-state index in [4.69, 9.17) is 9.97 Å². The summed E-state index contributed by atoms with van der Waals surface area (Å²) in [4.78, 5) is 10.1. The van der Waals surface area contributed by atoms with Crippen LogP contribution in [0.25, 0.3) is 33.8 Å². The molecule has 0 aliphatic rings. The first-order valence-electron chi connectivity index (χ1n) is 15.0. The molecule has 5 heteroatoms. The van der Waals surface area contributed by atoms with Crippen LogP contribution in [0.5, 0.6) is 0 Å². The smallest absolute Gasteiger partial charge is 0.0961 e. The second-order valence-electron chi connectivity index (χ2n) is 14.0. The average molecular weight is 770 g/mol. The number of benzene rings is 3. The van der Waals surface area contributed by atoms with E-state index in [1.165, 1.54) is 33.9 Å². The molecule has 237 valence electrons. The number of aryl methyl sites for hydroxylation is 6. The molecule has 0 spiro atoms. The van der Waals surface area contributed by atoms with E-state index >= 15 is 0 Å². The summed E-state index contributed by atoms with van der Waals surface area (Å²) >= 11 is 0. The zero-order valence-corrected chi connectivity index (χ0v) is 30.9. The average Bonchev–Trinajstić information content (AvgIpc) is 2.86. The van der Waals surface area contributed by atoms with E-state index < -0.39 is 6.10 Å². The van der Waals surface area contributed by atoms with Crippen molar-refractivity contribution in [1.29, 1.82) is 0 Å². The maximum absolute atomic E-state index is 9.68. The molecule has 0 fully saturated rings. The molecule has 0 bridgehead atoms. The minimum Gasteiger partial charge on any atom is -0.512 e. The van der Waals surface area contributed by atoms with Crippen LogP contribution < -0.4 is 0 Å². The number of hydrogen-bond acceptors (Lipinski definition) is 4. The van der Waals surface area contributed by atoms with Gasteiger partial charge in [-0.05, 0) is 55.9 Å². The molecule has 1 unspecified atom stereocenters. The molecule has 2 N–H and O–H groups in total. The number of nitrogens with zero attached hydrogens (tertiary/aromatic N) is 2. The van der Waals surface area contributed by atoms with Crippen LogP contribution in [0.1, 0.15) is 74.9 Å². The van der Waals surface area contributed by atoms with Gasteiger partial charge in [-0.15, -0.1) is 34.9 Å². The Morgan fingerprint density at radius 3 is 1.84 bits per heavy atom. The summed E-state index contributed by atoms with van der Waals surface area (Å²) in [5, 5.41) is 19.3. The second-order valence-corrected chi connectivity index (χ2v) is 14.0. The normalized spacial score (nSPS) is 12.6. The number of allylic oxidation sites excluding steroid dienone is 1. The third kappa shape index (κ3) is 9.69. The quantitative estimate of drug-likeness (QED) is 0.160. The standard InChI is InChI=1S/C28H27N2.C11H22O2.Ir/c1-17-10-18(2)13-23(12-17)27-28(24-14-19(3)11-20(4)15-24)30-25(16-29-27)26-21(5)8-7-9-22(26)6;1-10(2,3)8(12)7-9(13)11(4,5)6;/h7-12,14-16H,1-6H3;7-8,12-13H,1-6H3;/q-1;;. The molecule has 1 aromatic heterocycles. The van der Waals surface area contributed by atoms with Crippen LogP contribution in [-0.4, -0.2) is 26.3 Å². The van der Waals surface area contributed by atoms with E-state index in [-0.39, 0.29) is 36.7 Å². The Morgan fingerprint density at radius 2 is 1.34 bits per heavy atom. The van der Waals surface area contributed by atoms with Crippen molar-refractivity contribution in [2.45, 2.75) is 89.2 Å². The van der Waals surface area contributed by atoms with Crippen molar-refractivity contribution in [1.82, 2.24) is 9.97 Å². The molecule has 0 amide bonds. The van der Waals surface area contributed by atoms with E-state index in [0.29, 0.717) is 0 Å². The first-order chi connectivity index (χ1) is 19.9. The van der Waals surface area contributed by atoms with Gasteiger partial charge in [-0.2, -0.15) is 0 Å². The number of aromatic nitrogens is 2. The molecule has 0 saturated heterocycles. The van der Waals surface area contributed by atoms with Gasteiger partial charge in [-0.1, -0.05) is 103 Å². The summed E-state index contributed by atoms with van der Waals surface area (Å²) in [5.74, 6) is 0.245. The van der Waals surface area contributed by atoms with E-state index in [2.05, 4.69) is 96.1 Å². The van der Waals surface area contributed by atoms with Crippen LogP contribution in [0, 0.1) is 58.4 Å². The molecule has 1 atom stereocenters. The topological polar surface area (TPSA) is 66.2 Å². The Hall–Kier alpha value is -3.11. The fourth-order valence-electron chi connectivity index (χ4n) is 4.91. The van der Waals surface area contributed by atoms with Crippen LogP contribution in [-0.2, 0) is 20.1 Å². The van der Waals surface area contributed by atoms with Gasteiger partial charge in [0.2, 0.25) is 0 Å². The van der Waals surface area contributed by atoms with Crippen LogP contribution in [0.3, 0.4) is 0 Å². The summed E-state index contributed by atoms with van der Waals surface area (Å²) in [6.45, 7) is 24.2. The maximum atomic E-state index is 9.68. The molecule has 0 aliphatic heterocycles. The van der Waals surface area contributed by atoms with Crippen molar-refractivity contribution in [2.75, 3.05) is 0 Å². The van der Waals surface area contributed by atoms with Crippen molar-refractivity contribution < 1.29 is 30.3 Å². The zero-order valence-electron chi connectivity index (χ0n) is 28.5. The van der Waals surface area contributed by atoms with Crippen molar-refractivity contribution in [3.63, 3.8) is 0 Å². The van der Waals surface area contributed by atoms with Crippen LogP contribution in [0.4, 0.5) is 0 Å². The molecule has 4 nitrogen and oxygen atoms in total. The molecule has 0 aliphatic carbocycles. The van der Waals surface area contributed by atoms with Crippen molar-refractivity contribution in [3.8, 4) is 33.8 Å². The molecular formula is C39H49IrN2O2-. The van der Waals surface area contributed by atoms with Gasteiger partial charge >= 0.3 is 0 Å². The van der Waals surface area contributed by atoms with Gasteiger partial charge in [0.25, 0.3) is 0 Å². The first-order valence-corrected chi connectivity index (χ1v) is 15.0. The number of aliphatic hydroxyl groups is 2. The molecule has 1 heterocycles. The van der Waals surface area contributed by atoms with Gasteiger partial charge in [-0.3, -0.25) is 4.98 Å². The van der Waals surface area contributed by atoms with Gasteiger partial charge in [0.05, 0.1) is 23.3 Å². The van der Waals surface area contributed by atoms with Crippen LogP contribution in [0.15, 0.2) is 66.6 Å². The predicted molar refractivity (Wildman–Crippen MR) is 181 cm³/mol. The minimum absolute atomic E-state index is 0. The third-order valence-corrected chi connectivity index (χ3v) is 7.38. The summed E-state index contributed by atoms with van der Waals surface area (Å²) < 4.78 is 0. The Morgan fingerprint density at radius 1 is 0.795 bits per heavy atom. The number of aliphatic hydroxyl groups excluding tert-OH is 2. The van der Waals surface area contributed by atoms with E-state index in [9.17, 15) is 10.2 Å². The Labute approximate surface area is 279 Å². The SMILES string of the molecule is CC(C)(C)C(O)=CC(O)C(C)(C)C.Cc1[c-]c(-c2ncc(-c3c(C)cccc3C)nc2-c2cc(C)cc(C)c2)cc(C)c1.[Ir]. The fraction of sp³-hybridized carbons (Fsp3) is 0.385. The summed E-state index contributed by atoms with van der Waals surface area (Å²) in [6.07, 6.45) is 2.83. The van der Waals surface area contributed by atoms with Crippen molar-refractivity contribution >= 4 is 0 Å². The summed E-state index contributed by atoms with van der Waals surface area (Å²) in [7, 11) is 0. The Bertz CT molecular complexity index is 1560. The van der Waals surface area contributed by atoms with E-state index in [0.717, 1.165) is 39.3 Å². The van der Waals surface area contributed by atoms with E-state index in [1.807, 2.05) is 47.7 Å². The fourth-order valence-corrected chi connectivity index (χ4v) is 4.91. The van der Waals surface area contributed by atoms with Crippen molar-refractivity contribution in [2.24, 2.45) is 10.8 Å². The molecule has 3 aromatic carbocycles. The van der Waals surface area contributed by atoms with Gasteiger partial charge in [0.15, 0.2) is 0 Å². The van der Waals surface area contributed by atoms with Gasteiger partial charge in [0.1, 0.15) is 0 Å². The van der Waals surface area contributed by atoms with E-state index in [1.54, 1.807) is 0 Å². The summed E-state index contributed by atoms with van der Waals surface area (Å²) in [5.41, 5.74) is 12.6. The predicted octanol–water partition coefficient (Wildman–Crippen LogP) is 10.0. The van der Waals surface area contributed by atoms with Gasteiger partial charge in [0, 0.05) is 43.0 Å². The Balaban J connectivity index is 0.000000412. The Kier molecular flexibility index (Phi) is 12.5. The minimum atomic E-state index is -0.605. The third-order valence-electron chi connectivity index (χ3n) is 7.38. The molecule has 4 aromatic rings. The first kappa shape index (κ1) is 37.1. The molecule has 4 rings (SSSR count). The van der Waals surface area contributed by atoms with Crippen LogP contribution >= 0.6 is 0 Å². The van der Waals surface area contributed by atoms with Gasteiger partial charge in [-0.25, -0.2) is 0 Å². The number of rotatable bonds is 4. The number of hydrogen-bond donors (Lipinski definition) is 2. The molecule has 44 heavy (non-hydrogen) atoms.